The summed E-state index contributed by atoms with van der Waals surface area (Å²) in [6.45, 7) is 0. The van der Waals surface area contributed by atoms with Crippen LogP contribution in [0.4, 0.5) is 10.5 Å². The van der Waals surface area contributed by atoms with E-state index in [9.17, 15) is 14.5 Å². The quantitative estimate of drug-likeness (QED) is 0.348. The Morgan fingerprint density at radius 2 is 1.97 bits per heavy atom. The van der Waals surface area contributed by atoms with Crippen LogP contribution in [0.3, 0.4) is 0 Å². The Balaban J connectivity index is 2.04. The van der Waals surface area contributed by atoms with E-state index in [4.69, 9.17) is 14.4 Å². The van der Waals surface area contributed by atoms with Crippen LogP contribution in [0.15, 0.2) is 51.7 Å². The third-order valence-electron chi connectivity index (χ3n) is 4.31. The van der Waals surface area contributed by atoms with E-state index in [0.717, 1.165) is 5.56 Å². The summed E-state index contributed by atoms with van der Waals surface area (Å²) >= 11 is 3.42. The molecule has 0 atom stereocenters. The normalized spacial score (nSPS) is 10.7. The van der Waals surface area contributed by atoms with E-state index in [-0.39, 0.29) is 22.8 Å². The molecule has 9 heteroatoms. The highest BCUT2D eigenvalue weighted by Crippen LogP contribution is 2.28. The lowest BCUT2D eigenvalue weighted by atomic mass is 9.99. The van der Waals surface area contributed by atoms with Gasteiger partial charge < -0.3 is 14.1 Å². The van der Waals surface area contributed by atoms with E-state index < -0.39 is 11.7 Å². The van der Waals surface area contributed by atoms with Crippen molar-refractivity contribution in [2.75, 3.05) is 14.1 Å². The molecular formula is C20H18BrN2O6+. The van der Waals surface area contributed by atoms with E-state index in [2.05, 4.69) is 15.9 Å². The van der Waals surface area contributed by atoms with Gasteiger partial charge in [-0.3, -0.25) is 0 Å². The average molecular weight is 462 g/mol. The average Bonchev–Trinajstić information content (AvgIpc) is 2.68. The van der Waals surface area contributed by atoms with E-state index in [1.54, 1.807) is 38.4 Å². The number of hydrogen-bond acceptors (Lipinski definition) is 5. The summed E-state index contributed by atoms with van der Waals surface area (Å²) in [5, 5.41) is 10.2. The number of carbonyl (C=O) groups excluding carboxylic acids is 1. The van der Waals surface area contributed by atoms with E-state index in [1.165, 1.54) is 23.1 Å². The molecule has 3 aromatic rings. The van der Waals surface area contributed by atoms with Crippen LogP contribution in [-0.2, 0) is 11.8 Å². The molecule has 0 aliphatic rings. The van der Waals surface area contributed by atoms with Crippen molar-refractivity contribution in [3.8, 4) is 5.75 Å². The van der Waals surface area contributed by atoms with E-state index in [1.807, 2.05) is 0 Å². The highest BCUT2D eigenvalue weighted by atomic mass is 79.9. The number of hydrogen-bond donors (Lipinski definition) is 1. The second-order valence-corrected chi connectivity index (χ2v) is 7.08. The van der Waals surface area contributed by atoms with Crippen LogP contribution in [0.2, 0.25) is 0 Å². The third-order valence-corrected chi connectivity index (χ3v) is 4.87. The van der Waals surface area contributed by atoms with Gasteiger partial charge in [0.1, 0.15) is 11.3 Å². The molecule has 0 fully saturated rings. The van der Waals surface area contributed by atoms with Crippen molar-refractivity contribution in [1.29, 1.82) is 0 Å². The lowest BCUT2D eigenvalue weighted by Gasteiger charge is -2.12. The SMILES string of the molecule is CN(C)C(=O)Oc1ccc2c(CBr)c(Cc3cccc([N+](=O)O)c3)c(=O)oc2c1. The molecule has 0 aliphatic carbocycles. The zero-order chi connectivity index (χ0) is 21.1. The monoisotopic (exact) mass is 461 g/mol. The topological polar surface area (TPSA) is 100 Å². The molecular weight excluding hydrogens is 444 g/mol. The van der Waals surface area contributed by atoms with Gasteiger partial charge in [-0.2, -0.15) is 0 Å². The third kappa shape index (κ3) is 4.45. The number of halogens is 1. The van der Waals surface area contributed by atoms with Gasteiger partial charge in [0, 0.05) is 55.0 Å². The zero-order valence-electron chi connectivity index (χ0n) is 15.7. The first-order valence-electron chi connectivity index (χ1n) is 8.59. The smallest absolute Gasteiger partial charge is 0.414 e. The molecule has 1 N–H and O–H groups in total. The number of benzene rings is 2. The second-order valence-electron chi connectivity index (χ2n) is 6.52. The highest BCUT2D eigenvalue weighted by Gasteiger charge is 2.18. The van der Waals surface area contributed by atoms with Crippen molar-refractivity contribution in [2.45, 2.75) is 11.8 Å². The highest BCUT2D eigenvalue weighted by molar-refractivity contribution is 9.08. The van der Waals surface area contributed by atoms with Crippen LogP contribution in [0, 0.1) is 4.91 Å². The molecule has 0 bridgehead atoms. The van der Waals surface area contributed by atoms with Crippen molar-refractivity contribution < 1.29 is 24.1 Å². The minimum Gasteiger partial charge on any atom is -0.422 e. The van der Waals surface area contributed by atoms with Gasteiger partial charge in [0.15, 0.2) is 0 Å². The first-order valence-corrected chi connectivity index (χ1v) is 9.71. The van der Waals surface area contributed by atoms with Gasteiger partial charge in [-0.1, -0.05) is 28.1 Å². The summed E-state index contributed by atoms with van der Waals surface area (Å²) < 4.78 is 10.7. The van der Waals surface area contributed by atoms with Crippen molar-refractivity contribution in [3.63, 3.8) is 0 Å². The van der Waals surface area contributed by atoms with Gasteiger partial charge in [-0.15, -0.1) is 0 Å². The Hall–Kier alpha value is -3.20. The van der Waals surface area contributed by atoms with Crippen molar-refractivity contribution >= 4 is 38.7 Å². The van der Waals surface area contributed by atoms with Crippen LogP contribution in [0.5, 0.6) is 5.75 Å². The fourth-order valence-electron chi connectivity index (χ4n) is 2.86. The Morgan fingerprint density at radius 1 is 1.21 bits per heavy atom. The number of fused-ring (bicyclic) bond motifs is 1. The molecule has 0 aliphatic heterocycles. The first-order chi connectivity index (χ1) is 13.8. The van der Waals surface area contributed by atoms with Crippen molar-refractivity contribution in [1.82, 2.24) is 4.90 Å². The number of nitrogens with zero attached hydrogens (tertiary/aromatic N) is 2. The summed E-state index contributed by atoms with van der Waals surface area (Å²) in [7, 11) is 3.13. The van der Waals surface area contributed by atoms with Gasteiger partial charge in [0.05, 0.1) is 4.91 Å². The number of carbonyl (C=O) groups is 1. The van der Waals surface area contributed by atoms with Crippen LogP contribution < -0.4 is 10.4 Å². The Morgan fingerprint density at radius 3 is 2.62 bits per heavy atom. The van der Waals surface area contributed by atoms with Crippen LogP contribution in [-0.4, -0.2) is 35.2 Å². The molecule has 29 heavy (non-hydrogen) atoms. The Kier molecular flexibility index (Phi) is 5.97. The van der Waals surface area contributed by atoms with Gasteiger partial charge >= 0.3 is 17.4 Å². The molecule has 0 saturated carbocycles. The predicted octanol–water partition coefficient (Wildman–Crippen LogP) is 4.14. The van der Waals surface area contributed by atoms with Gasteiger partial charge in [-0.25, -0.2) is 14.8 Å². The molecule has 0 spiro atoms. The Bertz CT molecular complexity index is 1160. The van der Waals surface area contributed by atoms with Crippen LogP contribution in [0.1, 0.15) is 16.7 Å². The van der Waals surface area contributed by atoms with Gasteiger partial charge in [0.2, 0.25) is 0 Å². The maximum absolute atomic E-state index is 12.7. The summed E-state index contributed by atoms with van der Waals surface area (Å²) in [6, 6.07) is 11.2. The van der Waals surface area contributed by atoms with E-state index in [0.29, 0.717) is 27.4 Å². The number of amides is 1. The summed E-state index contributed by atoms with van der Waals surface area (Å²) in [5.74, 6) is 0.263. The number of rotatable bonds is 5. The maximum Gasteiger partial charge on any atom is 0.414 e. The fraction of sp³-hybridized carbons (Fsp3) is 0.200. The van der Waals surface area contributed by atoms with Crippen molar-refractivity contribution in [3.05, 3.63) is 74.5 Å². The van der Waals surface area contributed by atoms with Crippen LogP contribution in [0.25, 0.3) is 11.0 Å². The van der Waals surface area contributed by atoms with Gasteiger partial charge in [-0.05, 0) is 23.3 Å². The lowest BCUT2D eigenvalue weighted by Crippen LogP contribution is -2.25. The molecule has 8 nitrogen and oxygen atoms in total. The molecule has 0 unspecified atom stereocenters. The first kappa shape index (κ1) is 20.5. The number of alkyl halides is 1. The largest absolute Gasteiger partial charge is 0.422 e. The van der Waals surface area contributed by atoms with Gasteiger partial charge in [0.25, 0.3) is 4.92 Å². The van der Waals surface area contributed by atoms with Crippen molar-refractivity contribution in [2.24, 2.45) is 0 Å². The summed E-state index contributed by atoms with van der Waals surface area (Å²) in [4.78, 5) is 36.6. The zero-order valence-corrected chi connectivity index (χ0v) is 17.3. The molecule has 1 heterocycles. The molecule has 3 rings (SSSR count). The number of ether oxygens (including phenoxy) is 1. The standard InChI is InChI=1S/C20H18BrN2O6/c1-22(2)20(25)28-14-6-7-15-17(11-21)16(19(24)29-18(15)10-14)9-12-4-3-5-13(8-12)23(26)27/h3-8,10H,9,11H2,1-2H3,(H,26,27)/q+1. The molecule has 2 aromatic carbocycles. The summed E-state index contributed by atoms with van der Waals surface area (Å²) in [6.07, 6.45) is -0.321. The summed E-state index contributed by atoms with van der Waals surface area (Å²) in [5.41, 5.74) is 1.67. The minimum atomic E-state index is -0.541. The Labute approximate surface area is 174 Å². The molecule has 0 saturated heterocycles. The van der Waals surface area contributed by atoms with Crippen LogP contribution >= 0.6 is 15.9 Å². The maximum atomic E-state index is 12.7. The minimum absolute atomic E-state index is 0.0698. The molecule has 150 valence electrons. The fourth-order valence-corrected chi connectivity index (χ4v) is 3.50. The molecule has 1 aromatic heterocycles. The lowest BCUT2D eigenvalue weighted by molar-refractivity contribution is -0.729. The second kappa shape index (κ2) is 8.44. The molecule has 1 amide bonds. The predicted molar refractivity (Wildman–Crippen MR) is 109 cm³/mol. The van der Waals surface area contributed by atoms with E-state index >= 15 is 0 Å². The molecule has 0 radical (unpaired) electrons.